The van der Waals surface area contributed by atoms with Crippen molar-refractivity contribution in [3.8, 4) is 5.75 Å². The third kappa shape index (κ3) is 4.82. The first-order valence-electron chi connectivity index (χ1n) is 4.89. The van der Waals surface area contributed by atoms with Gasteiger partial charge in [0.15, 0.2) is 0 Å². The number of halogens is 2. The van der Waals surface area contributed by atoms with E-state index in [1.807, 2.05) is 37.2 Å². The summed E-state index contributed by atoms with van der Waals surface area (Å²) in [7, 11) is 3.83. The molecule has 1 aromatic carbocycles. The van der Waals surface area contributed by atoms with E-state index in [2.05, 4.69) is 31.9 Å². The molecule has 0 fully saturated rings. The van der Waals surface area contributed by atoms with E-state index in [4.69, 9.17) is 4.74 Å². The number of rotatable bonds is 5. The lowest BCUT2D eigenvalue weighted by molar-refractivity contribution is 0.0828. The zero-order valence-electron chi connectivity index (χ0n) is 9.28. The molecule has 0 aliphatic heterocycles. The molecule has 0 heterocycles. The monoisotopic (exact) mass is 351 g/mol. The van der Waals surface area contributed by atoms with Crippen molar-refractivity contribution in [2.75, 3.05) is 27.2 Å². The second-order valence-corrected chi connectivity index (χ2v) is 5.57. The smallest absolute Gasteiger partial charge is 0.133 e. The predicted molar refractivity (Wildman–Crippen MR) is 71.9 cm³/mol. The van der Waals surface area contributed by atoms with Crippen molar-refractivity contribution in [1.82, 2.24) is 4.90 Å². The SMILES string of the molecule is CN(C)C[C@@H](O)COc1ccc(Br)cc1Br. The van der Waals surface area contributed by atoms with Gasteiger partial charge in [-0.3, -0.25) is 0 Å². The third-order valence-electron chi connectivity index (χ3n) is 1.90. The van der Waals surface area contributed by atoms with Crippen LogP contribution in [0, 0.1) is 0 Å². The summed E-state index contributed by atoms with van der Waals surface area (Å²) in [6.45, 7) is 0.882. The molecule has 0 aliphatic rings. The minimum absolute atomic E-state index is 0.290. The zero-order chi connectivity index (χ0) is 12.1. The van der Waals surface area contributed by atoms with Crippen molar-refractivity contribution >= 4 is 31.9 Å². The third-order valence-corrected chi connectivity index (χ3v) is 3.01. The molecule has 1 aromatic rings. The summed E-state index contributed by atoms with van der Waals surface area (Å²) in [4.78, 5) is 1.92. The maximum atomic E-state index is 9.64. The highest BCUT2D eigenvalue weighted by atomic mass is 79.9. The Morgan fingerprint density at radius 1 is 1.38 bits per heavy atom. The van der Waals surface area contributed by atoms with Crippen LogP contribution in [0.5, 0.6) is 5.75 Å². The van der Waals surface area contributed by atoms with E-state index in [0.29, 0.717) is 13.2 Å². The van der Waals surface area contributed by atoms with Crippen molar-refractivity contribution in [3.63, 3.8) is 0 Å². The van der Waals surface area contributed by atoms with Gasteiger partial charge in [0.1, 0.15) is 18.5 Å². The van der Waals surface area contributed by atoms with Gasteiger partial charge in [-0.25, -0.2) is 0 Å². The Hall–Kier alpha value is -0.100. The average Bonchev–Trinajstić information content (AvgIpc) is 2.15. The second-order valence-electron chi connectivity index (χ2n) is 3.80. The van der Waals surface area contributed by atoms with Gasteiger partial charge < -0.3 is 14.7 Å². The summed E-state index contributed by atoms with van der Waals surface area (Å²) in [5, 5.41) is 9.64. The maximum Gasteiger partial charge on any atom is 0.133 e. The highest BCUT2D eigenvalue weighted by Gasteiger charge is 2.08. The van der Waals surface area contributed by atoms with Crippen LogP contribution in [0.1, 0.15) is 0 Å². The average molecular weight is 353 g/mol. The molecule has 1 rings (SSSR count). The topological polar surface area (TPSA) is 32.7 Å². The minimum atomic E-state index is -0.481. The van der Waals surface area contributed by atoms with Crippen LogP contribution in [0.15, 0.2) is 27.1 Å². The molecule has 90 valence electrons. The van der Waals surface area contributed by atoms with E-state index in [0.717, 1.165) is 14.7 Å². The Morgan fingerprint density at radius 2 is 2.06 bits per heavy atom. The Kier molecular flexibility index (Phi) is 5.75. The standard InChI is InChI=1S/C11H15Br2NO2/c1-14(2)6-9(15)7-16-11-4-3-8(12)5-10(11)13/h3-5,9,15H,6-7H2,1-2H3/t9-/m1/s1. The molecule has 0 spiro atoms. The second kappa shape index (κ2) is 6.59. The zero-order valence-corrected chi connectivity index (χ0v) is 12.5. The fourth-order valence-corrected chi connectivity index (χ4v) is 2.41. The largest absolute Gasteiger partial charge is 0.490 e. The first kappa shape index (κ1) is 14.0. The number of ether oxygens (including phenoxy) is 1. The first-order valence-corrected chi connectivity index (χ1v) is 6.48. The Bertz CT molecular complexity index is 345. The lowest BCUT2D eigenvalue weighted by Gasteiger charge is -2.17. The van der Waals surface area contributed by atoms with Crippen molar-refractivity contribution in [2.45, 2.75) is 6.10 Å². The van der Waals surface area contributed by atoms with Gasteiger partial charge in [0.05, 0.1) is 4.47 Å². The fraction of sp³-hybridized carbons (Fsp3) is 0.455. The van der Waals surface area contributed by atoms with Crippen LogP contribution in [0.25, 0.3) is 0 Å². The molecule has 0 aliphatic carbocycles. The molecule has 5 heteroatoms. The summed E-state index contributed by atoms with van der Waals surface area (Å²) >= 11 is 6.77. The highest BCUT2D eigenvalue weighted by molar-refractivity contribution is 9.11. The highest BCUT2D eigenvalue weighted by Crippen LogP contribution is 2.28. The van der Waals surface area contributed by atoms with Crippen LogP contribution in [-0.2, 0) is 0 Å². The predicted octanol–water partition coefficient (Wildman–Crippen LogP) is 2.51. The van der Waals surface area contributed by atoms with Crippen molar-refractivity contribution in [2.24, 2.45) is 0 Å². The Balaban J connectivity index is 2.48. The summed E-state index contributed by atoms with van der Waals surface area (Å²) in [6, 6.07) is 5.67. The van der Waals surface area contributed by atoms with Crippen LogP contribution >= 0.6 is 31.9 Å². The quantitative estimate of drug-likeness (QED) is 0.883. The van der Waals surface area contributed by atoms with Gasteiger partial charge in [-0.05, 0) is 48.2 Å². The van der Waals surface area contributed by atoms with Gasteiger partial charge in [0.25, 0.3) is 0 Å². The number of benzene rings is 1. The van der Waals surface area contributed by atoms with Crippen LogP contribution in [0.3, 0.4) is 0 Å². The van der Waals surface area contributed by atoms with Gasteiger partial charge >= 0.3 is 0 Å². The molecule has 1 N–H and O–H groups in total. The molecule has 0 aromatic heterocycles. The molecule has 1 atom stereocenters. The van der Waals surface area contributed by atoms with Gasteiger partial charge in [0, 0.05) is 11.0 Å². The van der Waals surface area contributed by atoms with Crippen LogP contribution in [-0.4, -0.2) is 43.4 Å². The molecular weight excluding hydrogens is 338 g/mol. The summed E-state index contributed by atoms with van der Waals surface area (Å²) in [6.07, 6.45) is -0.481. The molecule has 0 radical (unpaired) electrons. The van der Waals surface area contributed by atoms with E-state index >= 15 is 0 Å². The molecule has 0 saturated carbocycles. The Morgan fingerprint density at radius 3 is 2.62 bits per heavy atom. The van der Waals surface area contributed by atoms with E-state index in [1.165, 1.54) is 0 Å². The van der Waals surface area contributed by atoms with E-state index in [-0.39, 0.29) is 0 Å². The summed E-state index contributed by atoms with van der Waals surface area (Å²) in [5.74, 6) is 0.737. The maximum absolute atomic E-state index is 9.64. The Labute approximate surface area is 113 Å². The van der Waals surface area contributed by atoms with E-state index in [1.54, 1.807) is 0 Å². The van der Waals surface area contributed by atoms with Crippen molar-refractivity contribution in [1.29, 1.82) is 0 Å². The number of aliphatic hydroxyl groups excluding tert-OH is 1. The van der Waals surface area contributed by atoms with E-state index in [9.17, 15) is 5.11 Å². The molecule has 0 bridgehead atoms. The fourth-order valence-electron chi connectivity index (χ4n) is 1.25. The molecule has 3 nitrogen and oxygen atoms in total. The van der Waals surface area contributed by atoms with Gasteiger partial charge in [-0.15, -0.1) is 0 Å². The lowest BCUT2D eigenvalue weighted by Crippen LogP contribution is -2.30. The number of aliphatic hydroxyl groups is 1. The summed E-state index contributed by atoms with van der Waals surface area (Å²) < 4.78 is 7.37. The van der Waals surface area contributed by atoms with Gasteiger partial charge in [0.2, 0.25) is 0 Å². The first-order chi connectivity index (χ1) is 7.49. The van der Waals surface area contributed by atoms with E-state index < -0.39 is 6.10 Å². The van der Waals surface area contributed by atoms with Gasteiger partial charge in [-0.1, -0.05) is 15.9 Å². The molecule has 16 heavy (non-hydrogen) atoms. The number of likely N-dealkylation sites (N-methyl/N-ethyl adjacent to an activating group) is 1. The van der Waals surface area contributed by atoms with Crippen molar-refractivity contribution < 1.29 is 9.84 Å². The van der Waals surface area contributed by atoms with Gasteiger partial charge in [-0.2, -0.15) is 0 Å². The number of nitrogens with zero attached hydrogens (tertiary/aromatic N) is 1. The molecule has 0 unspecified atom stereocenters. The van der Waals surface area contributed by atoms with Crippen LogP contribution in [0.4, 0.5) is 0 Å². The molecule has 0 amide bonds. The molecular formula is C11H15Br2NO2. The number of hydrogen-bond acceptors (Lipinski definition) is 3. The summed E-state index contributed by atoms with van der Waals surface area (Å²) in [5.41, 5.74) is 0. The number of hydrogen-bond donors (Lipinski definition) is 1. The molecule has 0 saturated heterocycles. The van der Waals surface area contributed by atoms with Crippen LogP contribution in [0.2, 0.25) is 0 Å². The van der Waals surface area contributed by atoms with Crippen molar-refractivity contribution in [3.05, 3.63) is 27.1 Å². The lowest BCUT2D eigenvalue weighted by atomic mass is 10.3. The van der Waals surface area contributed by atoms with Crippen LogP contribution < -0.4 is 4.74 Å². The minimum Gasteiger partial charge on any atom is -0.490 e. The normalized spacial score (nSPS) is 12.9.